The lowest BCUT2D eigenvalue weighted by molar-refractivity contribution is 0.0668. The van der Waals surface area contributed by atoms with E-state index in [0.717, 1.165) is 30.0 Å². The molecule has 1 aromatic carbocycles. The van der Waals surface area contributed by atoms with Crippen LogP contribution in [0.4, 0.5) is 8.78 Å². The average molecular weight is 489 g/mol. The fourth-order valence-electron chi connectivity index (χ4n) is 3.68. The SMILES string of the molecule is CN=C(NCc1nccn1C(F)F)N1CCC(c2ccccc2)C(C)C1.I. The molecule has 0 radical (unpaired) electrons. The molecule has 2 atom stereocenters. The minimum atomic E-state index is -2.59. The van der Waals surface area contributed by atoms with Gasteiger partial charge in [0.25, 0.3) is 0 Å². The molecule has 5 nitrogen and oxygen atoms in total. The molecule has 0 aliphatic carbocycles. The number of rotatable bonds is 4. The maximum atomic E-state index is 12.9. The predicted molar refractivity (Wildman–Crippen MR) is 114 cm³/mol. The molecule has 1 fully saturated rings. The smallest absolute Gasteiger partial charge is 0.319 e. The molecule has 2 heterocycles. The second-order valence-electron chi connectivity index (χ2n) is 6.66. The fraction of sp³-hybridized carbons (Fsp3) is 0.474. The van der Waals surface area contributed by atoms with Crippen LogP contribution in [0.15, 0.2) is 47.7 Å². The van der Waals surface area contributed by atoms with Crippen molar-refractivity contribution in [2.75, 3.05) is 20.1 Å². The zero-order valence-corrected chi connectivity index (χ0v) is 17.9. The summed E-state index contributed by atoms with van der Waals surface area (Å²) >= 11 is 0. The van der Waals surface area contributed by atoms with Crippen LogP contribution in [0.25, 0.3) is 0 Å². The van der Waals surface area contributed by atoms with E-state index < -0.39 is 6.55 Å². The Kier molecular flexibility index (Phi) is 8.00. The van der Waals surface area contributed by atoms with Crippen LogP contribution in [-0.4, -0.2) is 40.5 Å². The van der Waals surface area contributed by atoms with Gasteiger partial charge >= 0.3 is 6.55 Å². The van der Waals surface area contributed by atoms with Crippen LogP contribution in [0.5, 0.6) is 0 Å². The van der Waals surface area contributed by atoms with Crippen molar-refractivity contribution >= 4 is 29.9 Å². The topological polar surface area (TPSA) is 45.5 Å². The molecule has 1 aliphatic heterocycles. The number of imidazole rings is 1. The molecule has 1 N–H and O–H groups in total. The van der Waals surface area contributed by atoms with Gasteiger partial charge in [0.1, 0.15) is 5.82 Å². The predicted octanol–water partition coefficient (Wildman–Crippen LogP) is 4.10. The maximum Gasteiger partial charge on any atom is 0.319 e. The monoisotopic (exact) mass is 489 g/mol. The van der Waals surface area contributed by atoms with Crippen LogP contribution in [0.3, 0.4) is 0 Å². The Bertz CT molecular complexity index is 735. The van der Waals surface area contributed by atoms with Crippen molar-refractivity contribution in [1.82, 2.24) is 19.8 Å². The van der Waals surface area contributed by atoms with Gasteiger partial charge in [0, 0.05) is 32.5 Å². The minimum Gasteiger partial charge on any atom is -0.349 e. The van der Waals surface area contributed by atoms with Crippen molar-refractivity contribution in [3.63, 3.8) is 0 Å². The van der Waals surface area contributed by atoms with E-state index in [9.17, 15) is 8.78 Å². The number of nitrogens with one attached hydrogen (secondary N) is 1. The number of aliphatic imine (C=N–C) groups is 1. The summed E-state index contributed by atoms with van der Waals surface area (Å²) in [7, 11) is 1.72. The number of benzene rings is 1. The third-order valence-corrected chi connectivity index (χ3v) is 5.01. The first-order valence-electron chi connectivity index (χ1n) is 8.90. The Morgan fingerprint density at radius 1 is 1.33 bits per heavy atom. The van der Waals surface area contributed by atoms with Gasteiger partial charge in [0.2, 0.25) is 0 Å². The second kappa shape index (κ2) is 10.0. The molecule has 0 bridgehead atoms. The largest absolute Gasteiger partial charge is 0.349 e. The molecule has 0 saturated carbocycles. The van der Waals surface area contributed by atoms with Crippen LogP contribution < -0.4 is 5.32 Å². The summed E-state index contributed by atoms with van der Waals surface area (Å²) in [5, 5.41) is 3.17. The van der Waals surface area contributed by atoms with Gasteiger partial charge in [-0.2, -0.15) is 8.78 Å². The lowest BCUT2D eigenvalue weighted by atomic mass is 9.82. The number of guanidine groups is 1. The summed E-state index contributed by atoms with van der Waals surface area (Å²) in [6.07, 6.45) is 3.72. The lowest BCUT2D eigenvalue weighted by Crippen LogP contribution is -2.47. The van der Waals surface area contributed by atoms with E-state index in [1.165, 1.54) is 18.0 Å². The average Bonchev–Trinajstić information content (AvgIpc) is 3.12. The second-order valence-corrected chi connectivity index (χ2v) is 6.66. The molecule has 2 aromatic rings. The minimum absolute atomic E-state index is 0. The van der Waals surface area contributed by atoms with Gasteiger partial charge in [-0.05, 0) is 23.8 Å². The molecule has 0 amide bonds. The zero-order chi connectivity index (χ0) is 18.5. The van der Waals surface area contributed by atoms with Gasteiger partial charge in [-0.1, -0.05) is 37.3 Å². The molecule has 1 saturated heterocycles. The number of hydrogen-bond donors (Lipinski definition) is 1. The van der Waals surface area contributed by atoms with Crippen LogP contribution in [0.1, 0.15) is 37.2 Å². The number of aromatic nitrogens is 2. The van der Waals surface area contributed by atoms with E-state index in [1.807, 2.05) is 6.07 Å². The van der Waals surface area contributed by atoms with Crippen molar-refractivity contribution in [1.29, 1.82) is 0 Å². The summed E-state index contributed by atoms with van der Waals surface area (Å²) in [5.74, 6) is 2.04. The quantitative estimate of drug-likeness (QED) is 0.400. The Morgan fingerprint density at radius 2 is 2.07 bits per heavy atom. The van der Waals surface area contributed by atoms with E-state index in [2.05, 4.69) is 51.4 Å². The summed E-state index contributed by atoms with van der Waals surface area (Å²) in [5.41, 5.74) is 1.38. The normalized spacial score (nSPS) is 20.5. The highest BCUT2D eigenvalue weighted by atomic mass is 127. The van der Waals surface area contributed by atoms with Gasteiger partial charge in [0.05, 0.1) is 6.54 Å². The summed E-state index contributed by atoms with van der Waals surface area (Å²) in [6.45, 7) is 1.64. The van der Waals surface area contributed by atoms with Gasteiger partial charge < -0.3 is 10.2 Å². The van der Waals surface area contributed by atoms with Crippen molar-refractivity contribution < 1.29 is 8.78 Å². The van der Waals surface area contributed by atoms with Gasteiger partial charge in [0.15, 0.2) is 5.96 Å². The fourth-order valence-corrected chi connectivity index (χ4v) is 3.68. The van der Waals surface area contributed by atoms with Crippen molar-refractivity contribution in [2.24, 2.45) is 10.9 Å². The van der Waals surface area contributed by atoms with E-state index >= 15 is 0 Å². The summed E-state index contributed by atoms with van der Waals surface area (Å²) < 4.78 is 26.7. The standard InChI is InChI=1S/C19H25F2N5.HI/c1-14-13-25(10-8-16(14)15-6-4-3-5-7-15)19(22-2)24-12-17-23-9-11-26(17)18(20)21;/h3-7,9,11,14,16,18H,8,10,12-13H2,1-2H3,(H,22,24);1H. The van der Waals surface area contributed by atoms with Crippen LogP contribution in [0, 0.1) is 5.92 Å². The first kappa shape index (κ1) is 21.6. The highest BCUT2D eigenvalue weighted by molar-refractivity contribution is 14.0. The van der Waals surface area contributed by atoms with Crippen molar-refractivity contribution in [2.45, 2.75) is 32.4 Å². The Balaban J connectivity index is 0.00000261. The van der Waals surface area contributed by atoms with E-state index in [-0.39, 0.29) is 30.5 Å². The lowest BCUT2D eigenvalue weighted by Gasteiger charge is -2.38. The number of alkyl halides is 2. The van der Waals surface area contributed by atoms with Crippen molar-refractivity contribution in [3.8, 4) is 0 Å². The van der Waals surface area contributed by atoms with E-state index in [4.69, 9.17) is 0 Å². The first-order valence-corrected chi connectivity index (χ1v) is 8.90. The van der Waals surface area contributed by atoms with Crippen molar-refractivity contribution in [3.05, 3.63) is 54.1 Å². The third-order valence-electron chi connectivity index (χ3n) is 5.01. The summed E-state index contributed by atoms with van der Waals surface area (Å²) in [4.78, 5) is 10.5. The number of likely N-dealkylation sites (tertiary alicyclic amines) is 1. The maximum absolute atomic E-state index is 12.9. The molecule has 1 aromatic heterocycles. The molecule has 8 heteroatoms. The van der Waals surface area contributed by atoms with Gasteiger partial charge in [-0.25, -0.2) is 4.98 Å². The van der Waals surface area contributed by atoms with Crippen LogP contribution in [-0.2, 0) is 6.54 Å². The number of piperidine rings is 1. The first-order chi connectivity index (χ1) is 12.6. The molecule has 27 heavy (non-hydrogen) atoms. The Morgan fingerprint density at radius 3 is 2.70 bits per heavy atom. The summed E-state index contributed by atoms with van der Waals surface area (Å²) in [6, 6.07) is 10.6. The molecule has 0 spiro atoms. The molecule has 148 valence electrons. The molecular formula is C19H26F2IN5. The highest BCUT2D eigenvalue weighted by Crippen LogP contribution is 2.32. The van der Waals surface area contributed by atoms with Gasteiger partial charge in [-0.3, -0.25) is 9.56 Å². The Labute approximate surface area is 175 Å². The highest BCUT2D eigenvalue weighted by Gasteiger charge is 2.28. The third kappa shape index (κ3) is 5.18. The van der Waals surface area contributed by atoms with Crippen LogP contribution in [0.2, 0.25) is 0 Å². The molecule has 3 rings (SSSR count). The molecule has 1 aliphatic rings. The molecule has 2 unspecified atom stereocenters. The van der Waals surface area contributed by atoms with Gasteiger partial charge in [-0.15, -0.1) is 24.0 Å². The van der Waals surface area contributed by atoms with E-state index in [0.29, 0.717) is 17.7 Å². The number of halogens is 3. The number of hydrogen-bond acceptors (Lipinski definition) is 2. The Hall–Kier alpha value is -1.71. The van der Waals surface area contributed by atoms with E-state index in [1.54, 1.807) is 7.05 Å². The molecular weight excluding hydrogens is 463 g/mol. The number of nitrogens with zero attached hydrogens (tertiary/aromatic N) is 4. The van der Waals surface area contributed by atoms with Crippen LogP contribution >= 0.6 is 24.0 Å². The zero-order valence-electron chi connectivity index (χ0n) is 15.6.